The second-order valence-electron chi connectivity index (χ2n) is 5.45. The van der Waals surface area contributed by atoms with Crippen molar-refractivity contribution in [2.45, 2.75) is 45.8 Å². The van der Waals surface area contributed by atoms with E-state index >= 15 is 0 Å². The van der Waals surface area contributed by atoms with Gasteiger partial charge in [-0.2, -0.15) is 0 Å². The van der Waals surface area contributed by atoms with Crippen molar-refractivity contribution in [3.63, 3.8) is 0 Å². The summed E-state index contributed by atoms with van der Waals surface area (Å²) in [5, 5.41) is 3.28. The standard InChI is InChI=1S/C16H27N3O/c1-5-18-11-14-8-6-13(7-9-14)10-15(17)16(20)19(4)12(2)3/h6-9,12,15,18H,5,10-11,17H2,1-4H3. The van der Waals surface area contributed by atoms with E-state index in [4.69, 9.17) is 5.73 Å². The largest absolute Gasteiger partial charge is 0.342 e. The number of benzene rings is 1. The number of nitrogens with one attached hydrogen (secondary N) is 1. The summed E-state index contributed by atoms with van der Waals surface area (Å²) < 4.78 is 0. The number of hydrogen-bond donors (Lipinski definition) is 2. The van der Waals surface area contributed by atoms with Crippen molar-refractivity contribution in [2.75, 3.05) is 13.6 Å². The van der Waals surface area contributed by atoms with Gasteiger partial charge >= 0.3 is 0 Å². The highest BCUT2D eigenvalue weighted by atomic mass is 16.2. The fourth-order valence-corrected chi connectivity index (χ4v) is 1.92. The number of amides is 1. The minimum absolute atomic E-state index is 0.00303. The lowest BCUT2D eigenvalue weighted by Crippen LogP contribution is -2.45. The molecule has 112 valence electrons. The molecule has 0 saturated heterocycles. The molecule has 1 aromatic carbocycles. The van der Waals surface area contributed by atoms with Gasteiger partial charge in [0.05, 0.1) is 6.04 Å². The molecule has 0 aliphatic rings. The van der Waals surface area contributed by atoms with E-state index in [0.717, 1.165) is 18.7 Å². The molecule has 0 aromatic heterocycles. The lowest BCUT2D eigenvalue weighted by molar-refractivity contribution is -0.132. The Morgan fingerprint density at radius 3 is 2.30 bits per heavy atom. The van der Waals surface area contributed by atoms with Crippen LogP contribution in [0.15, 0.2) is 24.3 Å². The first-order chi connectivity index (χ1) is 9.45. The maximum Gasteiger partial charge on any atom is 0.239 e. The second kappa shape index (κ2) is 8.02. The number of nitrogens with zero attached hydrogens (tertiary/aromatic N) is 1. The van der Waals surface area contributed by atoms with Crippen molar-refractivity contribution < 1.29 is 4.79 Å². The van der Waals surface area contributed by atoms with Crippen molar-refractivity contribution in [1.29, 1.82) is 0 Å². The van der Waals surface area contributed by atoms with Gasteiger partial charge in [-0.15, -0.1) is 0 Å². The van der Waals surface area contributed by atoms with Gasteiger partial charge in [0, 0.05) is 19.6 Å². The van der Waals surface area contributed by atoms with Gasteiger partial charge in [-0.25, -0.2) is 0 Å². The number of carbonyl (C=O) groups excluding carboxylic acids is 1. The predicted molar refractivity (Wildman–Crippen MR) is 83.4 cm³/mol. The molecule has 0 aliphatic carbocycles. The van der Waals surface area contributed by atoms with Crippen LogP contribution < -0.4 is 11.1 Å². The molecule has 1 amide bonds. The second-order valence-corrected chi connectivity index (χ2v) is 5.45. The van der Waals surface area contributed by atoms with Crippen LogP contribution in [0.5, 0.6) is 0 Å². The van der Waals surface area contributed by atoms with Gasteiger partial charge in [-0.05, 0) is 37.9 Å². The molecule has 0 fully saturated rings. The van der Waals surface area contributed by atoms with Crippen LogP contribution in [-0.2, 0) is 17.8 Å². The van der Waals surface area contributed by atoms with E-state index in [9.17, 15) is 4.79 Å². The van der Waals surface area contributed by atoms with Gasteiger partial charge in [-0.3, -0.25) is 4.79 Å². The molecule has 4 nitrogen and oxygen atoms in total. The van der Waals surface area contributed by atoms with Gasteiger partial charge in [0.1, 0.15) is 0 Å². The Bertz CT molecular complexity index is 414. The van der Waals surface area contributed by atoms with Crippen LogP contribution in [0.4, 0.5) is 0 Å². The molecular weight excluding hydrogens is 250 g/mol. The zero-order valence-corrected chi connectivity index (χ0v) is 13.0. The highest BCUT2D eigenvalue weighted by Crippen LogP contribution is 2.08. The van der Waals surface area contributed by atoms with E-state index in [2.05, 4.69) is 36.5 Å². The van der Waals surface area contributed by atoms with Gasteiger partial charge in [0.2, 0.25) is 5.91 Å². The quantitative estimate of drug-likeness (QED) is 0.794. The van der Waals surface area contributed by atoms with E-state index in [0.29, 0.717) is 6.42 Å². The molecule has 1 atom stereocenters. The third-order valence-electron chi connectivity index (χ3n) is 3.50. The zero-order chi connectivity index (χ0) is 15.1. The molecule has 0 aliphatic heterocycles. The van der Waals surface area contributed by atoms with Crippen LogP contribution in [0.1, 0.15) is 31.9 Å². The maximum absolute atomic E-state index is 12.1. The Kier molecular flexibility index (Phi) is 6.68. The molecule has 0 bridgehead atoms. The smallest absolute Gasteiger partial charge is 0.239 e. The molecule has 1 aromatic rings. The minimum Gasteiger partial charge on any atom is -0.342 e. The highest BCUT2D eigenvalue weighted by Gasteiger charge is 2.20. The average Bonchev–Trinajstić information content (AvgIpc) is 2.44. The molecular formula is C16H27N3O. The van der Waals surface area contributed by atoms with E-state index in [-0.39, 0.29) is 11.9 Å². The van der Waals surface area contributed by atoms with Gasteiger partial charge in [0.25, 0.3) is 0 Å². The van der Waals surface area contributed by atoms with Gasteiger partial charge in [0.15, 0.2) is 0 Å². The molecule has 3 N–H and O–H groups in total. The first kappa shape index (κ1) is 16.7. The van der Waals surface area contributed by atoms with Gasteiger partial charge < -0.3 is 16.0 Å². The molecule has 1 rings (SSSR count). The van der Waals surface area contributed by atoms with Crippen LogP contribution in [0.2, 0.25) is 0 Å². The van der Waals surface area contributed by atoms with E-state index in [1.54, 1.807) is 11.9 Å². The normalized spacial score (nSPS) is 12.5. The SMILES string of the molecule is CCNCc1ccc(CC(N)C(=O)N(C)C(C)C)cc1. The third-order valence-corrected chi connectivity index (χ3v) is 3.50. The summed E-state index contributed by atoms with van der Waals surface area (Å²) in [6, 6.07) is 7.98. The molecule has 4 heteroatoms. The first-order valence-electron chi connectivity index (χ1n) is 7.26. The van der Waals surface area contributed by atoms with Crippen LogP contribution in [0, 0.1) is 0 Å². The molecule has 0 saturated carbocycles. The Morgan fingerprint density at radius 2 is 1.80 bits per heavy atom. The summed E-state index contributed by atoms with van der Waals surface area (Å²) in [5.41, 5.74) is 8.35. The van der Waals surface area contributed by atoms with Gasteiger partial charge in [-0.1, -0.05) is 31.2 Å². The summed E-state index contributed by atoms with van der Waals surface area (Å²) >= 11 is 0. The fraction of sp³-hybridized carbons (Fsp3) is 0.562. The lowest BCUT2D eigenvalue weighted by Gasteiger charge is -2.25. The number of carbonyl (C=O) groups is 1. The van der Waals surface area contributed by atoms with E-state index in [1.807, 2.05) is 13.8 Å². The number of rotatable bonds is 7. The van der Waals surface area contributed by atoms with Crippen molar-refractivity contribution in [1.82, 2.24) is 10.2 Å². The first-order valence-corrected chi connectivity index (χ1v) is 7.26. The third kappa shape index (κ3) is 4.94. The van der Waals surface area contributed by atoms with Crippen molar-refractivity contribution in [3.05, 3.63) is 35.4 Å². The monoisotopic (exact) mass is 277 g/mol. The summed E-state index contributed by atoms with van der Waals surface area (Å²) in [6.45, 7) is 7.89. The Morgan fingerprint density at radius 1 is 1.25 bits per heavy atom. The molecule has 1 unspecified atom stereocenters. The van der Waals surface area contributed by atoms with Crippen LogP contribution in [0.3, 0.4) is 0 Å². The highest BCUT2D eigenvalue weighted by molar-refractivity contribution is 5.82. The minimum atomic E-state index is -0.470. The van der Waals surface area contributed by atoms with Crippen molar-refractivity contribution in [2.24, 2.45) is 5.73 Å². The van der Waals surface area contributed by atoms with Crippen LogP contribution in [-0.4, -0.2) is 36.5 Å². The summed E-state index contributed by atoms with van der Waals surface area (Å²) in [6.07, 6.45) is 0.581. The molecule has 0 radical (unpaired) electrons. The lowest BCUT2D eigenvalue weighted by atomic mass is 10.0. The Hall–Kier alpha value is -1.39. The topological polar surface area (TPSA) is 58.4 Å². The van der Waals surface area contributed by atoms with Crippen LogP contribution in [0.25, 0.3) is 0 Å². The van der Waals surface area contributed by atoms with Crippen molar-refractivity contribution >= 4 is 5.91 Å². The zero-order valence-electron chi connectivity index (χ0n) is 13.0. The Balaban J connectivity index is 2.57. The molecule has 0 heterocycles. The number of hydrogen-bond acceptors (Lipinski definition) is 3. The number of likely N-dealkylation sites (N-methyl/N-ethyl adjacent to an activating group) is 1. The molecule has 20 heavy (non-hydrogen) atoms. The predicted octanol–water partition coefficient (Wildman–Crippen LogP) is 1.53. The summed E-state index contributed by atoms with van der Waals surface area (Å²) in [7, 11) is 1.80. The van der Waals surface area contributed by atoms with Crippen molar-refractivity contribution in [3.8, 4) is 0 Å². The van der Waals surface area contributed by atoms with E-state index < -0.39 is 6.04 Å². The summed E-state index contributed by atoms with van der Waals surface area (Å²) in [4.78, 5) is 13.8. The van der Waals surface area contributed by atoms with E-state index in [1.165, 1.54) is 5.56 Å². The number of nitrogens with two attached hydrogens (primary N) is 1. The van der Waals surface area contributed by atoms with Crippen LogP contribution >= 0.6 is 0 Å². The fourth-order valence-electron chi connectivity index (χ4n) is 1.92. The Labute approximate surface area is 122 Å². The maximum atomic E-state index is 12.1. The molecule has 0 spiro atoms. The summed E-state index contributed by atoms with van der Waals surface area (Å²) in [5.74, 6) is -0.00303. The average molecular weight is 277 g/mol.